The van der Waals surface area contributed by atoms with Crippen LogP contribution in [0.15, 0.2) is 18.2 Å². The molecule has 1 aliphatic rings. The van der Waals surface area contributed by atoms with Crippen LogP contribution < -0.4 is 5.32 Å². The highest BCUT2D eigenvalue weighted by Crippen LogP contribution is 2.29. The Balaban J connectivity index is 1.97. The molecule has 1 aromatic carbocycles. The third kappa shape index (κ3) is 3.70. The van der Waals surface area contributed by atoms with Crippen LogP contribution >= 0.6 is 0 Å². The maximum absolute atomic E-state index is 14.2. The third-order valence-corrected chi connectivity index (χ3v) is 4.62. The molecule has 0 radical (unpaired) electrons. The van der Waals surface area contributed by atoms with Crippen molar-refractivity contribution < 1.29 is 23.5 Å². The smallest absolute Gasteiger partial charge is 0.326 e. The highest BCUT2D eigenvalue weighted by molar-refractivity contribution is 5.96. The molecule has 144 valence electrons. The zero-order valence-corrected chi connectivity index (χ0v) is 15.1. The van der Waals surface area contributed by atoms with Gasteiger partial charge < -0.3 is 10.4 Å². The molecule has 3 rings (SSSR count). The first kappa shape index (κ1) is 19.0. The van der Waals surface area contributed by atoms with Crippen LogP contribution in [0.3, 0.4) is 0 Å². The van der Waals surface area contributed by atoms with E-state index in [0.29, 0.717) is 24.1 Å². The molecule has 0 bridgehead atoms. The summed E-state index contributed by atoms with van der Waals surface area (Å²) >= 11 is 0. The van der Waals surface area contributed by atoms with Crippen molar-refractivity contribution in [2.45, 2.75) is 45.6 Å². The number of carbonyl (C=O) groups is 2. The molecule has 0 saturated heterocycles. The van der Waals surface area contributed by atoms with E-state index in [2.05, 4.69) is 10.4 Å². The number of amides is 1. The molecule has 8 heteroatoms. The van der Waals surface area contributed by atoms with Gasteiger partial charge in [-0.2, -0.15) is 5.10 Å². The number of benzene rings is 1. The van der Waals surface area contributed by atoms with E-state index in [9.17, 15) is 23.5 Å². The van der Waals surface area contributed by atoms with Crippen LogP contribution in [0.2, 0.25) is 0 Å². The summed E-state index contributed by atoms with van der Waals surface area (Å²) in [5, 5.41) is 16.0. The number of hydrogen-bond acceptors (Lipinski definition) is 3. The average molecular weight is 377 g/mol. The van der Waals surface area contributed by atoms with Gasteiger partial charge in [0, 0.05) is 11.3 Å². The Hall–Kier alpha value is -2.77. The topological polar surface area (TPSA) is 84.2 Å². The first-order valence-corrected chi connectivity index (χ1v) is 8.88. The number of carboxylic acid groups (broad SMARTS) is 1. The van der Waals surface area contributed by atoms with Gasteiger partial charge in [-0.05, 0) is 43.7 Å². The minimum absolute atomic E-state index is 0.0656. The maximum Gasteiger partial charge on any atom is 0.326 e. The van der Waals surface area contributed by atoms with Crippen LogP contribution in [0, 0.1) is 17.6 Å². The fourth-order valence-corrected chi connectivity index (χ4v) is 3.39. The van der Waals surface area contributed by atoms with Gasteiger partial charge in [-0.1, -0.05) is 19.9 Å². The van der Waals surface area contributed by atoms with Gasteiger partial charge in [0.05, 0.1) is 0 Å². The molecule has 6 nitrogen and oxygen atoms in total. The van der Waals surface area contributed by atoms with E-state index in [-0.39, 0.29) is 23.7 Å². The predicted molar refractivity (Wildman–Crippen MR) is 93.9 cm³/mol. The van der Waals surface area contributed by atoms with E-state index in [1.807, 2.05) is 13.8 Å². The summed E-state index contributed by atoms with van der Waals surface area (Å²) in [6.07, 6.45) is 2.21. The Labute approximate surface area is 155 Å². The van der Waals surface area contributed by atoms with Crippen molar-refractivity contribution in [3.8, 4) is 5.69 Å². The standard InChI is InChI=1S/C19H21F2N3O3/c1-10(2)9-13(19(26)27)22-18(25)17-11-5-3-7-14(11)24(23-17)15-8-4-6-12(20)16(15)21/h4,6,8,10,13H,3,5,7,9H2,1-2H3,(H,22,25)(H,26,27). The van der Waals surface area contributed by atoms with Gasteiger partial charge in [0.15, 0.2) is 17.3 Å². The van der Waals surface area contributed by atoms with Crippen LogP contribution in [0.4, 0.5) is 8.78 Å². The zero-order chi connectivity index (χ0) is 19.7. The average Bonchev–Trinajstić information content (AvgIpc) is 3.18. The molecule has 2 aromatic rings. The Kier molecular flexibility index (Phi) is 5.25. The lowest BCUT2D eigenvalue weighted by Crippen LogP contribution is -2.42. The second kappa shape index (κ2) is 7.46. The molecule has 27 heavy (non-hydrogen) atoms. The predicted octanol–water partition coefficient (Wildman–Crippen LogP) is 2.87. The number of aromatic nitrogens is 2. The molecule has 0 saturated carbocycles. The van der Waals surface area contributed by atoms with E-state index in [1.165, 1.54) is 16.8 Å². The van der Waals surface area contributed by atoms with Crippen LogP contribution in [0.5, 0.6) is 0 Å². The minimum atomic E-state index is -1.12. The molecular weight excluding hydrogens is 356 g/mol. The number of nitrogens with zero attached hydrogens (tertiary/aromatic N) is 2. The molecule has 1 aliphatic carbocycles. The van der Waals surface area contributed by atoms with Crippen molar-refractivity contribution in [1.82, 2.24) is 15.1 Å². The zero-order valence-electron chi connectivity index (χ0n) is 15.1. The summed E-state index contributed by atoms with van der Waals surface area (Å²) in [7, 11) is 0. The molecule has 0 aliphatic heterocycles. The third-order valence-electron chi connectivity index (χ3n) is 4.62. The number of rotatable bonds is 6. The molecule has 0 spiro atoms. The van der Waals surface area contributed by atoms with Crippen molar-refractivity contribution in [2.75, 3.05) is 0 Å². The number of aliphatic carboxylic acids is 1. The number of carbonyl (C=O) groups excluding carboxylic acids is 1. The second-order valence-electron chi connectivity index (χ2n) is 7.11. The van der Waals surface area contributed by atoms with Gasteiger partial charge in [-0.3, -0.25) is 4.79 Å². The summed E-state index contributed by atoms with van der Waals surface area (Å²) in [6, 6.07) is 2.74. The summed E-state index contributed by atoms with van der Waals surface area (Å²) in [5.41, 5.74) is 1.32. The van der Waals surface area contributed by atoms with Crippen molar-refractivity contribution in [1.29, 1.82) is 0 Å². The lowest BCUT2D eigenvalue weighted by atomic mass is 10.0. The van der Waals surface area contributed by atoms with E-state index in [4.69, 9.17) is 0 Å². The van der Waals surface area contributed by atoms with Crippen LogP contribution in [-0.4, -0.2) is 32.8 Å². The van der Waals surface area contributed by atoms with E-state index in [0.717, 1.165) is 12.5 Å². The summed E-state index contributed by atoms with van der Waals surface area (Å²) < 4.78 is 29.1. The van der Waals surface area contributed by atoms with Crippen LogP contribution in [-0.2, 0) is 17.6 Å². The molecule has 1 heterocycles. The fourth-order valence-electron chi connectivity index (χ4n) is 3.39. The van der Waals surface area contributed by atoms with Crippen molar-refractivity contribution >= 4 is 11.9 Å². The van der Waals surface area contributed by atoms with Crippen molar-refractivity contribution in [2.24, 2.45) is 5.92 Å². The largest absolute Gasteiger partial charge is 0.480 e. The van der Waals surface area contributed by atoms with Crippen LogP contribution in [0.25, 0.3) is 5.69 Å². The normalized spacial score (nSPS) is 14.3. The van der Waals surface area contributed by atoms with Gasteiger partial charge in [0.1, 0.15) is 11.7 Å². The van der Waals surface area contributed by atoms with Gasteiger partial charge >= 0.3 is 5.97 Å². The lowest BCUT2D eigenvalue weighted by molar-refractivity contribution is -0.139. The Morgan fingerprint density at radius 2 is 2.04 bits per heavy atom. The van der Waals surface area contributed by atoms with Gasteiger partial charge in [0.25, 0.3) is 5.91 Å². The summed E-state index contributed by atoms with van der Waals surface area (Å²) in [4.78, 5) is 24.1. The van der Waals surface area contributed by atoms with E-state index < -0.39 is 29.6 Å². The number of nitrogens with one attached hydrogen (secondary N) is 1. The number of halogens is 2. The highest BCUT2D eigenvalue weighted by Gasteiger charge is 2.30. The van der Waals surface area contributed by atoms with E-state index in [1.54, 1.807) is 0 Å². The Morgan fingerprint density at radius 1 is 1.30 bits per heavy atom. The number of fused-ring (bicyclic) bond motifs is 1. The molecule has 1 unspecified atom stereocenters. The fraction of sp³-hybridized carbons (Fsp3) is 0.421. The molecule has 0 fully saturated rings. The summed E-state index contributed by atoms with van der Waals surface area (Å²) in [6.45, 7) is 3.72. The first-order valence-electron chi connectivity index (χ1n) is 8.88. The molecule has 1 atom stereocenters. The monoisotopic (exact) mass is 377 g/mol. The molecule has 1 aromatic heterocycles. The quantitative estimate of drug-likeness (QED) is 0.811. The molecular formula is C19H21F2N3O3. The molecule has 1 amide bonds. The second-order valence-corrected chi connectivity index (χ2v) is 7.11. The van der Waals surface area contributed by atoms with Crippen molar-refractivity contribution in [3.63, 3.8) is 0 Å². The highest BCUT2D eigenvalue weighted by atomic mass is 19.2. The van der Waals surface area contributed by atoms with Crippen LogP contribution in [0.1, 0.15) is 48.4 Å². The molecule has 2 N–H and O–H groups in total. The SMILES string of the molecule is CC(C)CC(NC(=O)c1nn(-c2cccc(F)c2F)c2c1CCC2)C(=O)O. The Morgan fingerprint density at radius 3 is 2.70 bits per heavy atom. The number of carboxylic acids is 1. The first-order chi connectivity index (χ1) is 12.8. The maximum atomic E-state index is 14.2. The van der Waals surface area contributed by atoms with Gasteiger partial charge in [-0.25, -0.2) is 18.3 Å². The van der Waals surface area contributed by atoms with E-state index >= 15 is 0 Å². The summed E-state index contributed by atoms with van der Waals surface area (Å²) in [5.74, 6) is -3.69. The Bertz CT molecular complexity index is 893. The number of hydrogen-bond donors (Lipinski definition) is 2. The minimum Gasteiger partial charge on any atom is -0.480 e. The van der Waals surface area contributed by atoms with Crippen molar-refractivity contribution in [3.05, 3.63) is 46.8 Å². The van der Waals surface area contributed by atoms with Gasteiger partial charge in [0.2, 0.25) is 0 Å². The van der Waals surface area contributed by atoms with Gasteiger partial charge in [-0.15, -0.1) is 0 Å². The lowest BCUT2D eigenvalue weighted by Gasteiger charge is -2.16.